The minimum Gasteiger partial charge on any atom is -0.506 e. The van der Waals surface area contributed by atoms with Gasteiger partial charge in [0.2, 0.25) is 0 Å². The van der Waals surface area contributed by atoms with Crippen molar-refractivity contribution in [2.24, 2.45) is 5.92 Å². The van der Waals surface area contributed by atoms with Gasteiger partial charge < -0.3 is 15.5 Å². The largest absolute Gasteiger partial charge is 0.506 e. The standard InChI is InChI=1S/C14H20ClNO2/c15-13-3-1-2-11(14(13)18)8-16-12-6-4-10(9-17)5-7-12/h1-3,10,12,16-18H,4-9H2. The summed E-state index contributed by atoms with van der Waals surface area (Å²) < 4.78 is 0. The van der Waals surface area contributed by atoms with E-state index in [0.29, 0.717) is 30.1 Å². The smallest absolute Gasteiger partial charge is 0.138 e. The second-order valence-corrected chi connectivity index (χ2v) is 5.44. The number of para-hydroxylation sites is 1. The third-order valence-electron chi connectivity index (χ3n) is 3.76. The molecule has 3 N–H and O–H groups in total. The van der Waals surface area contributed by atoms with Crippen LogP contribution >= 0.6 is 11.6 Å². The maximum atomic E-state index is 9.80. The molecule has 0 amide bonds. The zero-order valence-electron chi connectivity index (χ0n) is 10.4. The van der Waals surface area contributed by atoms with E-state index >= 15 is 0 Å². The fraction of sp³-hybridized carbons (Fsp3) is 0.571. The number of halogens is 1. The Morgan fingerprint density at radius 2 is 1.94 bits per heavy atom. The highest BCUT2D eigenvalue weighted by atomic mass is 35.5. The monoisotopic (exact) mass is 269 g/mol. The van der Waals surface area contributed by atoms with Gasteiger partial charge in [-0.2, -0.15) is 0 Å². The quantitative estimate of drug-likeness (QED) is 0.788. The second kappa shape index (κ2) is 6.41. The molecule has 0 heterocycles. The van der Waals surface area contributed by atoms with Gasteiger partial charge in [0.25, 0.3) is 0 Å². The lowest BCUT2D eigenvalue weighted by Crippen LogP contribution is -2.33. The topological polar surface area (TPSA) is 52.5 Å². The summed E-state index contributed by atoms with van der Waals surface area (Å²) in [6, 6.07) is 5.90. The molecule has 1 aliphatic carbocycles. The molecular formula is C14H20ClNO2. The van der Waals surface area contributed by atoms with Gasteiger partial charge in [-0.05, 0) is 37.7 Å². The lowest BCUT2D eigenvalue weighted by molar-refractivity contribution is 0.175. The van der Waals surface area contributed by atoms with Gasteiger partial charge in [0.15, 0.2) is 0 Å². The van der Waals surface area contributed by atoms with Crippen molar-refractivity contribution in [1.82, 2.24) is 5.32 Å². The van der Waals surface area contributed by atoms with Crippen molar-refractivity contribution >= 4 is 11.6 Å². The van der Waals surface area contributed by atoms with Crippen LogP contribution in [0.25, 0.3) is 0 Å². The number of hydrogen-bond donors (Lipinski definition) is 3. The lowest BCUT2D eigenvalue weighted by Gasteiger charge is -2.28. The molecule has 0 spiro atoms. The Balaban J connectivity index is 1.83. The van der Waals surface area contributed by atoms with Crippen molar-refractivity contribution in [2.45, 2.75) is 38.3 Å². The Kier molecular flexibility index (Phi) is 4.87. The van der Waals surface area contributed by atoms with Crippen LogP contribution in [-0.4, -0.2) is 22.9 Å². The fourth-order valence-corrected chi connectivity index (χ4v) is 2.70. The van der Waals surface area contributed by atoms with E-state index < -0.39 is 0 Å². The molecule has 1 fully saturated rings. The predicted octanol–water partition coefficient (Wildman–Crippen LogP) is 2.69. The molecule has 18 heavy (non-hydrogen) atoms. The van der Waals surface area contributed by atoms with E-state index in [4.69, 9.17) is 16.7 Å². The first-order valence-electron chi connectivity index (χ1n) is 6.51. The number of hydrogen-bond acceptors (Lipinski definition) is 3. The molecule has 1 aliphatic rings. The minimum absolute atomic E-state index is 0.177. The van der Waals surface area contributed by atoms with Gasteiger partial charge in [-0.3, -0.25) is 0 Å². The first kappa shape index (κ1) is 13.7. The SMILES string of the molecule is OCC1CCC(NCc2cccc(Cl)c2O)CC1. The molecule has 2 rings (SSSR count). The van der Waals surface area contributed by atoms with Crippen LogP contribution in [0.15, 0.2) is 18.2 Å². The summed E-state index contributed by atoms with van der Waals surface area (Å²) in [7, 11) is 0. The fourth-order valence-electron chi connectivity index (χ4n) is 2.51. The van der Waals surface area contributed by atoms with Gasteiger partial charge in [0.1, 0.15) is 5.75 Å². The zero-order valence-corrected chi connectivity index (χ0v) is 11.2. The van der Waals surface area contributed by atoms with E-state index in [1.165, 1.54) is 0 Å². The van der Waals surface area contributed by atoms with Gasteiger partial charge in [-0.1, -0.05) is 23.7 Å². The predicted molar refractivity (Wildman–Crippen MR) is 72.8 cm³/mol. The number of aliphatic hydroxyl groups excluding tert-OH is 1. The van der Waals surface area contributed by atoms with E-state index in [2.05, 4.69) is 5.32 Å². The van der Waals surface area contributed by atoms with E-state index in [0.717, 1.165) is 31.2 Å². The summed E-state index contributed by atoms with van der Waals surface area (Å²) in [5, 5.41) is 22.7. The summed E-state index contributed by atoms with van der Waals surface area (Å²) in [6.45, 7) is 0.947. The normalized spacial score (nSPS) is 24.1. The van der Waals surface area contributed by atoms with Crippen LogP contribution in [0.2, 0.25) is 5.02 Å². The molecule has 1 aromatic rings. The molecule has 0 unspecified atom stereocenters. The molecule has 0 radical (unpaired) electrons. The molecule has 0 bridgehead atoms. The highest BCUT2D eigenvalue weighted by Crippen LogP contribution is 2.28. The molecular weight excluding hydrogens is 250 g/mol. The summed E-state index contributed by atoms with van der Waals surface area (Å²) in [6.07, 6.45) is 4.34. The number of aliphatic hydroxyl groups is 1. The van der Waals surface area contributed by atoms with E-state index in [1.807, 2.05) is 12.1 Å². The number of benzene rings is 1. The number of nitrogens with one attached hydrogen (secondary N) is 1. The highest BCUT2D eigenvalue weighted by molar-refractivity contribution is 6.32. The molecule has 0 aromatic heterocycles. The van der Waals surface area contributed by atoms with Crippen molar-refractivity contribution in [2.75, 3.05) is 6.61 Å². The van der Waals surface area contributed by atoms with Crippen molar-refractivity contribution < 1.29 is 10.2 Å². The maximum Gasteiger partial charge on any atom is 0.138 e. The Hall–Kier alpha value is -0.770. The second-order valence-electron chi connectivity index (χ2n) is 5.03. The molecule has 4 heteroatoms. The summed E-state index contributed by atoms with van der Waals surface area (Å²) in [5.74, 6) is 0.651. The average molecular weight is 270 g/mol. The Bertz CT molecular complexity index is 389. The van der Waals surface area contributed by atoms with Crippen molar-refractivity contribution in [1.29, 1.82) is 0 Å². The van der Waals surface area contributed by atoms with Crippen LogP contribution in [0.5, 0.6) is 5.75 Å². The molecule has 100 valence electrons. The van der Waals surface area contributed by atoms with Crippen LogP contribution in [0.4, 0.5) is 0 Å². The van der Waals surface area contributed by atoms with Gasteiger partial charge in [0.05, 0.1) is 5.02 Å². The minimum atomic E-state index is 0.177. The Labute approximate surface area is 113 Å². The molecule has 0 aliphatic heterocycles. The Morgan fingerprint density at radius 3 is 2.61 bits per heavy atom. The third-order valence-corrected chi connectivity index (χ3v) is 4.06. The maximum absolute atomic E-state index is 9.80. The van der Waals surface area contributed by atoms with Gasteiger partial charge in [0, 0.05) is 24.8 Å². The van der Waals surface area contributed by atoms with Gasteiger partial charge in [-0.25, -0.2) is 0 Å². The zero-order chi connectivity index (χ0) is 13.0. The van der Waals surface area contributed by atoms with Crippen molar-refractivity contribution in [3.63, 3.8) is 0 Å². The number of phenols is 1. The molecule has 1 saturated carbocycles. The van der Waals surface area contributed by atoms with Gasteiger partial charge in [-0.15, -0.1) is 0 Å². The van der Waals surface area contributed by atoms with Gasteiger partial charge >= 0.3 is 0 Å². The number of rotatable bonds is 4. The molecule has 1 aromatic carbocycles. The van der Waals surface area contributed by atoms with Crippen LogP contribution in [-0.2, 0) is 6.54 Å². The third kappa shape index (κ3) is 3.37. The highest BCUT2D eigenvalue weighted by Gasteiger charge is 2.20. The Morgan fingerprint density at radius 1 is 1.22 bits per heavy atom. The molecule has 0 atom stereocenters. The lowest BCUT2D eigenvalue weighted by atomic mass is 9.86. The van der Waals surface area contributed by atoms with E-state index in [1.54, 1.807) is 6.07 Å². The molecule has 3 nitrogen and oxygen atoms in total. The molecule has 0 saturated heterocycles. The first-order chi connectivity index (χ1) is 8.70. The van der Waals surface area contributed by atoms with E-state index in [9.17, 15) is 5.11 Å². The van der Waals surface area contributed by atoms with Crippen LogP contribution in [0.3, 0.4) is 0 Å². The van der Waals surface area contributed by atoms with Crippen LogP contribution < -0.4 is 5.32 Å². The summed E-state index contributed by atoms with van der Waals surface area (Å²) >= 11 is 5.87. The number of phenolic OH excluding ortho intramolecular Hbond substituents is 1. The average Bonchev–Trinajstić information content (AvgIpc) is 2.41. The van der Waals surface area contributed by atoms with Crippen molar-refractivity contribution in [3.8, 4) is 5.75 Å². The summed E-state index contributed by atoms with van der Waals surface area (Å²) in [4.78, 5) is 0. The first-order valence-corrected chi connectivity index (χ1v) is 6.89. The van der Waals surface area contributed by atoms with Crippen LogP contribution in [0.1, 0.15) is 31.2 Å². The van der Waals surface area contributed by atoms with E-state index in [-0.39, 0.29) is 5.75 Å². The van der Waals surface area contributed by atoms with Crippen LogP contribution in [0, 0.1) is 5.92 Å². The summed E-state index contributed by atoms with van der Waals surface area (Å²) in [5.41, 5.74) is 0.840. The van der Waals surface area contributed by atoms with Crippen molar-refractivity contribution in [3.05, 3.63) is 28.8 Å². The number of aromatic hydroxyl groups is 1.